The maximum absolute atomic E-state index is 13.6. The molecule has 1 atom stereocenters. The van der Waals surface area contributed by atoms with Crippen molar-refractivity contribution >= 4 is 17.8 Å². The maximum Gasteiger partial charge on any atom is 0.359 e. The van der Waals surface area contributed by atoms with Gasteiger partial charge < -0.3 is 19.5 Å². The fourth-order valence-corrected chi connectivity index (χ4v) is 4.47. The predicted octanol–water partition coefficient (Wildman–Crippen LogP) is 2.45. The lowest BCUT2D eigenvalue weighted by Crippen LogP contribution is -2.64. The van der Waals surface area contributed by atoms with Crippen LogP contribution in [0.5, 0.6) is 0 Å². The number of aromatic nitrogens is 2. The van der Waals surface area contributed by atoms with E-state index < -0.39 is 17.4 Å². The number of aryl methyl sites for hydroxylation is 1. The second kappa shape index (κ2) is 8.17. The Hall–Kier alpha value is -3.16. The fraction of sp³-hybridized carbons (Fsp3) is 0.478. The molecule has 8 heteroatoms. The molecule has 1 aliphatic carbocycles. The molecule has 1 aromatic heterocycles. The lowest BCUT2D eigenvalue weighted by molar-refractivity contribution is -0.134. The summed E-state index contributed by atoms with van der Waals surface area (Å²) in [6, 6.07) is 7.99. The van der Waals surface area contributed by atoms with Crippen molar-refractivity contribution in [3.05, 3.63) is 53.1 Å². The third kappa shape index (κ3) is 3.82. The lowest BCUT2D eigenvalue weighted by atomic mass is 9.93. The summed E-state index contributed by atoms with van der Waals surface area (Å²) in [6.45, 7) is 4.24. The number of hydrogen-bond donors (Lipinski definition) is 1. The largest absolute Gasteiger partial charge is 0.464 e. The van der Waals surface area contributed by atoms with Crippen LogP contribution in [0, 0.1) is 6.92 Å². The molecule has 31 heavy (non-hydrogen) atoms. The third-order valence-electron chi connectivity index (χ3n) is 6.38. The number of benzene rings is 1. The number of amides is 2. The first-order valence-electron chi connectivity index (χ1n) is 10.7. The van der Waals surface area contributed by atoms with E-state index in [0.717, 1.165) is 36.8 Å². The van der Waals surface area contributed by atoms with Crippen molar-refractivity contribution < 1.29 is 19.1 Å². The third-order valence-corrected chi connectivity index (χ3v) is 6.38. The first-order valence-corrected chi connectivity index (χ1v) is 10.7. The van der Waals surface area contributed by atoms with E-state index >= 15 is 0 Å². The van der Waals surface area contributed by atoms with E-state index in [4.69, 9.17) is 4.74 Å². The minimum absolute atomic E-state index is 0.0281. The Kier molecular flexibility index (Phi) is 5.56. The van der Waals surface area contributed by atoms with Crippen molar-refractivity contribution in [2.24, 2.45) is 0 Å². The van der Waals surface area contributed by atoms with Gasteiger partial charge >= 0.3 is 5.97 Å². The number of rotatable bonds is 5. The van der Waals surface area contributed by atoms with E-state index in [1.165, 1.54) is 13.4 Å². The summed E-state index contributed by atoms with van der Waals surface area (Å²) in [5.74, 6) is -1.26. The summed E-state index contributed by atoms with van der Waals surface area (Å²) in [7, 11) is 1.25. The molecule has 1 saturated carbocycles. The Morgan fingerprint density at radius 1 is 1.23 bits per heavy atom. The second-order valence-electron chi connectivity index (χ2n) is 8.67. The van der Waals surface area contributed by atoms with Crippen molar-refractivity contribution in [3.63, 3.8) is 0 Å². The molecule has 2 heterocycles. The van der Waals surface area contributed by atoms with Gasteiger partial charge in [-0.25, -0.2) is 9.78 Å². The number of fused-ring (bicyclic) bond motifs is 1. The summed E-state index contributed by atoms with van der Waals surface area (Å²) in [6.07, 6.45) is 5.54. The minimum atomic E-state index is -1.12. The zero-order chi connectivity index (χ0) is 22.2. The number of hydrogen-bond acceptors (Lipinski definition) is 5. The van der Waals surface area contributed by atoms with Gasteiger partial charge in [-0.15, -0.1) is 0 Å². The van der Waals surface area contributed by atoms with Gasteiger partial charge in [-0.3, -0.25) is 9.59 Å². The number of nitrogens with zero attached hydrogens (tertiary/aromatic N) is 3. The van der Waals surface area contributed by atoms with Crippen LogP contribution in [0.3, 0.4) is 0 Å². The number of methoxy groups -OCH3 is 1. The highest BCUT2D eigenvalue weighted by atomic mass is 16.5. The number of nitrogens with one attached hydrogen (secondary N) is 1. The average molecular weight is 425 g/mol. The second-order valence-corrected chi connectivity index (χ2v) is 8.67. The van der Waals surface area contributed by atoms with Gasteiger partial charge in [-0.2, -0.15) is 0 Å². The van der Waals surface area contributed by atoms with Crippen LogP contribution in [0.1, 0.15) is 64.7 Å². The van der Waals surface area contributed by atoms with Crippen molar-refractivity contribution in [2.75, 3.05) is 7.11 Å². The molecule has 1 aromatic carbocycles. The Labute approximate surface area is 181 Å². The highest BCUT2D eigenvalue weighted by molar-refractivity contribution is 6.06. The average Bonchev–Trinajstić information content (AvgIpc) is 3.41. The molecule has 4 rings (SSSR count). The lowest BCUT2D eigenvalue weighted by Gasteiger charge is -2.44. The molecule has 1 N–H and O–H groups in total. The quantitative estimate of drug-likeness (QED) is 0.744. The van der Waals surface area contributed by atoms with Crippen LogP contribution >= 0.6 is 0 Å². The first-order chi connectivity index (χ1) is 14.8. The summed E-state index contributed by atoms with van der Waals surface area (Å²) in [5.41, 5.74) is 1.03. The number of carbonyl (C=O) groups excluding carboxylic acids is 3. The molecule has 8 nitrogen and oxygen atoms in total. The summed E-state index contributed by atoms with van der Waals surface area (Å²) < 4.78 is 6.39. The van der Waals surface area contributed by atoms with Gasteiger partial charge in [-0.05, 0) is 32.3 Å². The molecule has 2 aliphatic rings. The van der Waals surface area contributed by atoms with Gasteiger partial charge in [-0.1, -0.05) is 42.7 Å². The Morgan fingerprint density at radius 2 is 1.90 bits per heavy atom. The van der Waals surface area contributed by atoms with Gasteiger partial charge in [0.25, 0.3) is 5.91 Å². The van der Waals surface area contributed by atoms with Crippen LogP contribution in [0.25, 0.3) is 0 Å². The van der Waals surface area contributed by atoms with Crippen LogP contribution < -0.4 is 5.32 Å². The fourth-order valence-electron chi connectivity index (χ4n) is 4.47. The van der Waals surface area contributed by atoms with Gasteiger partial charge in [0, 0.05) is 12.6 Å². The Balaban J connectivity index is 1.72. The number of carbonyl (C=O) groups is 3. The van der Waals surface area contributed by atoms with E-state index in [0.29, 0.717) is 0 Å². The number of ether oxygens (including phenoxy) is 1. The molecule has 0 unspecified atom stereocenters. The zero-order valence-electron chi connectivity index (χ0n) is 18.2. The van der Waals surface area contributed by atoms with E-state index in [-0.39, 0.29) is 36.4 Å². The topological polar surface area (TPSA) is 93.5 Å². The van der Waals surface area contributed by atoms with Gasteiger partial charge in [0.15, 0.2) is 5.69 Å². The molecule has 1 aliphatic heterocycles. The Bertz CT molecular complexity index is 1010. The van der Waals surface area contributed by atoms with Crippen LogP contribution in [-0.4, -0.2) is 50.9 Å². The molecule has 1 fully saturated rings. The van der Waals surface area contributed by atoms with Crippen LogP contribution in [-0.2, 0) is 22.6 Å². The molecule has 2 amide bonds. The van der Waals surface area contributed by atoms with Crippen molar-refractivity contribution in [2.45, 2.75) is 64.2 Å². The molecule has 164 valence electrons. The highest BCUT2D eigenvalue weighted by Gasteiger charge is 2.49. The van der Waals surface area contributed by atoms with Crippen molar-refractivity contribution in [3.8, 4) is 0 Å². The molecular weight excluding hydrogens is 396 g/mol. The van der Waals surface area contributed by atoms with Gasteiger partial charge in [0.05, 0.1) is 20.0 Å². The monoisotopic (exact) mass is 424 g/mol. The SMILES string of the molecule is COC(=O)c1ncn2c1C(=O)N(Cc1ccc(C)cc1)[C@](C)(C(=O)NC1CCCC1)C2. The van der Waals surface area contributed by atoms with Gasteiger partial charge in [0.2, 0.25) is 5.91 Å². The smallest absolute Gasteiger partial charge is 0.359 e. The van der Waals surface area contributed by atoms with Crippen molar-refractivity contribution in [1.82, 2.24) is 19.8 Å². The molecule has 0 saturated heterocycles. The zero-order valence-corrected chi connectivity index (χ0v) is 18.2. The molecule has 2 aromatic rings. The van der Waals surface area contributed by atoms with Crippen LogP contribution in [0.2, 0.25) is 0 Å². The van der Waals surface area contributed by atoms with E-state index in [1.807, 2.05) is 31.2 Å². The number of imidazole rings is 1. The summed E-state index contributed by atoms with van der Waals surface area (Å²) in [5, 5.41) is 3.15. The summed E-state index contributed by atoms with van der Waals surface area (Å²) >= 11 is 0. The minimum Gasteiger partial charge on any atom is -0.464 e. The van der Waals surface area contributed by atoms with Crippen molar-refractivity contribution in [1.29, 1.82) is 0 Å². The first kappa shape index (κ1) is 21.1. The highest BCUT2D eigenvalue weighted by Crippen LogP contribution is 2.31. The summed E-state index contributed by atoms with van der Waals surface area (Å²) in [4.78, 5) is 44.9. The van der Waals surface area contributed by atoms with Gasteiger partial charge in [0.1, 0.15) is 11.2 Å². The molecular formula is C23H28N4O4. The van der Waals surface area contributed by atoms with E-state index in [2.05, 4.69) is 10.3 Å². The number of esters is 1. The predicted molar refractivity (Wildman–Crippen MR) is 113 cm³/mol. The molecule has 0 radical (unpaired) electrons. The Morgan fingerprint density at radius 3 is 2.55 bits per heavy atom. The molecule has 0 spiro atoms. The normalized spacial score (nSPS) is 21.1. The standard InChI is InChI=1S/C23H28N4O4/c1-15-8-10-16(11-9-15)12-27-20(28)19-18(21(29)31-3)24-14-26(19)13-23(27,2)22(30)25-17-6-4-5-7-17/h8-11,14,17H,4-7,12-13H2,1-3H3,(H,25,30)/t23-/m0/s1. The van der Waals surface area contributed by atoms with Crippen LogP contribution in [0.4, 0.5) is 0 Å². The van der Waals surface area contributed by atoms with Crippen LogP contribution in [0.15, 0.2) is 30.6 Å². The molecule has 0 bridgehead atoms. The van der Waals surface area contributed by atoms with E-state index in [1.54, 1.807) is 16.4 Å². The maximum atomic E-state index is 13.6. The van der Waals surface area contributed by atoms with E-state index in [9.17, 15) is 14.4 Å².